The maximum absolute atomic E-state index is 12.5. The minimum Gasteiger partial charge on any atom is -0.494 e. The van der Waals surface area contributed by atoms with Gasteiger partial charge in [-0.3, -0.25) is 9.52 Å². The highest BCUT2D eigenvalue weighted by Crippen LogP contribution is 2.19. The fourth-order valence-corrected chi connectivity index (χ4v) is 3.39. The van der Waals surface area contributed by atoms with Crippen molar-refractivity contribution in [3.63, 3.8) is 0 Å². The zero-order valence-electron chi connectivity index (χ0n) is 15.9. The highest BCUT2D eigenvalue weighted by Gasteiger charge is 2.14. The third-order valence-electron chi connectivity index (χ3n) is 3.68. The minimum absolute atomic E-state index is 0. The number of carbonyl (C=O) groups is 1. The summed E-state index contributed by atoms with van der Waals surface area (Å²) in [7, 11) is -3.71. The molecule has 0 aliphatic carbocycles. The monoisotopic (exact) mass is 427 g/mol. The Hall–Kier alpha value is -2.29. The summed E-state index contributed by atoms with van der Waals surface area (Å²) in [6.07, 6.45) is 0. The number of anilines is 1. The maximum Gasteiger partial charge on any atom is 0.261 e. The summed E-state index contributed by atoms with van der Waals surface area (Å²) in [6, 6.07) is 12.5. The van der Waals surface area contributed by atoms with Gasteiger partial charge in [0, 0.05) is 24.3 Å². The number of rotatable bonds is 10. The lowest BCUT2D eigenvalue weighted by Crippen LogP contribution is -2.31. The van der Waals surface area contributed by atoms with Crippen molar-refractivity contribution in [2.75, 3.05) is 31.0 Å². The van der Waals surface area contributed by atoms with E-state index in [9.17, 15) is 13.2 Å². The summed E-state index contributed by atoms with van der Waals surface area (Å²) in [5.41, 5.74) is 0.851. The Morgan fingerprint density at radius 2 is 1.61 bits per heavy atom. The van der Waals surface area contributed by atoms with Crippen LogP contribution in [0.15, 0.2) is 53.4 Å². The van der Waals surface area contributed by atoms with Crippen LogP contribution in [0.2, 0.25) is 0 Å². The predicted molar refractivity (Wildman–Crippen MR) is 113 cm³/mol. The summed E-state index contributed by atoms with van der Waals surface area (Å²) in [5.74, 6) is 0.412. The molecule has 28 heavy (non-hydrogen) atoms. The van der Waals surface area contributed by atoms with E-state index in [0.717, 1.165) is 6.54 Å². The van der Waals surface area contributed by atoms with Crippen molar-refractivity contribution in [3.8, 4) is 5.75 Å². The Morgan fingerprint density at radius 1 is 0.964 bits per heavy atom. The number of amides is 1. The molecular formula is C19H26ClN3O4S. The average Bonchev–Trinajstić information content (AvgIpc) is 2.66. The molecule has 9 heteroatoms. The second-order valence-electron chi connectivity index (χ2n) is 5.70. The first-order valence-corrected chi connectivity index (χ1v) is 10.3. The second-order valence-corrected chi connectivity index (χ2v) is 7.38. The molecule has 0 heterocycles. The quantitative estimate of drug-likeness (QED) is 0.506. The lowest BCUT2D eigenvalue weighted by Gasteiger charge is -2.10. The normalized spacial score (nSPS) is 10.6. The molecule has 2 rings (SSSR count). The number of ether oxygens (including phenoxy) is 1. The van der Waals surface area contributed by atoms with Gasteiger partial charge in [-0.05, 0) is 62.0 Å². The van der Waals surface area contributed by atoms with Crippen molar-refractivity contribution in [3.05, 3.63) is 54.1 Å². The van der Waals surface area contributed by atoms with Gasteiger partial charge in [-0.25, -0.2) is 8.42 Å². The summed E-state index contributed by atoms with van der Waals surface area (Å²) in [6.45, 7) is 6.44. The molecule has 0 aliphatic heterocycles. The van der Waals surface area contributed by atoms with Gasteiger partial charge in [0.2, 0.25) is 0 Å². The van der Waals surface area contributed by atoms with Gasteiger partial charge in [-0.2, -0.15) is 0 Å². The first-order valence-electron chi connectivity index (χ1n) is 8.81. The van der Waals surface area contributed by atoms with Gasteiger partial charge in [0.05, 0.1) is 11.5 Å². The van der Waals surface area contributed by atoms with Crippen molar-refractivity contribution >= 4 is 34.0 Å². The molecule has 0 aliphatic rings. The van der Waals surface area contributed by atoms with Crippen LogP contribution in [0.1, 0.15) is 24.2 Å². The van der Waals surface area contributed by atoms with Crippen molar-refractivity contribution in [2.24, 2.45) is 0 Å². The molecule has 0 fully saturated rings. The molecule has 3 N–H and O–H groups in total. The molecule has 0 saturated heterocycles. The van der Waals surface area contributed by atoms with E-state index in [0.29, 0.717) is 36.7 Å². The van der Waals surface area contributed by atoms with Crippen LogP contribution in [0.5, 0.6) is 5.75 Å². The molecule has 2 aromatic rings. The van der Waals surface area contributed by atoms with Crippen LogP contribution in [0.25, 0.3) is 0 Å². The van der Waals surface area contributed by atoms with E-state index < -0.39 is 10.0 Å². The first kappa shape index (κ1) is 23.7. The Bertz CT molecular complexity index is 840. The van der Waals surface area contributed by atoms with Gasteiger partial charge in [0.1, 0.15) is 5.75 Å². The Kier molecular flexibility index (Phi) is 9.78. The van der Waals surface area contributed by atoms with Crippen LogP contribution < -0.4 is 20.1 Å². The SMILES string of the molecule is CCNCCNC(=O)c1ccc(NS(=O)(=O)c2ccc(OCC)cc2)cc1.Cl. The molecule has 0 saturated carbocycles. The summed E-state index contributed by atoms with van der Waals surface area (Å²) >= 11 is 0. The van der Waals surface area contributed by atoms with Crippen LogP contribution in [-0.4, -0.2) is 40.6 Å². The summed E-state index contributed by atoms with van der Waals surface area (Å²) in [5, 5.41) is 5.91. The van der Waals surface area contributed by atoms with E-state index in [1.807, 2.05) is 13.8 Å². The molecule has 0 bridgehead atoms. The van der Waals surface area contributed by atoms with Crippen LogP contribution in [-0.2, 0) is 10.0 Å². The lowest BCUT2D eigenvalue weighted by atomic mass is 10.2. The van der Waals surface area contributed by atoms with Gasteiger partial charge in [0.25, 0.3) is 15.9 Å². The van der Waals surface area contributed by atoms with Crippen LogP contribution in [0.4, 0.5) is 5.69 Å². The summed E-state index contributed by atoms with van der Waals surface area (Å²) in [4.78, 5) is 12.2. The second kappa shape index (κ2) is 11.5. The van der Waals surface area contributed by atoms with E-state index in [4.69, 9.17) is 4.74 Å². The third-order valence-corrected chi connectivity index (χ3v) is 5.08. The number of hydrogen-bond donors (Lipinski definition) is 3. The molecule has 0 atom stereocenters. The standard InChI is InChI=1S/C19H25N3O4S.ClH/c1-3-20-13-14-21-19(23)15-5-7-16(8-6-15)22-27(24,25)18-11-9-17(10-12-18)26-4-2;/h5-12,20,22H,3-4,13-14H2,1-2H3,(H,21,23);1H. The number of likely N-dealkylation sites (N-methyl/N-ethyl adjacent to an activating group) is 1. The fraction of sp³-hybridized carbons (Fsp3) is 0.316. The fourth-order valence-electron chi connectivity index (χ4n) is 2.33. The number of hydrogen-bond acceptors (Lipinski definition) is 5. The highest BCUT2D eigenvalue weighted by molar-refractivity contribution is 7.92. The smallest absolute Gasteiger partial charge is 0.261 e. The molecule has 0 spiro atoms. The zero-order chi connectivity index (χ0) is 19.7. The van der Waals surface area contributed by atoms with E-state index in [1.54, 1.807) is 36.4 Å². The van der Waals surface area contributed by atoms with Crippen LogP contribution in [0.3, 0.4) is 0 Å². The maximum atomic E-state index is 12.5. The molecule has 7 nitrogen and oxygen atoms in total. The molecule has 2 aromatic carbocycles. The van der Waals surface area contributed by atoms with Gasteiger partial charge < -0.3 is 15.4 Å². The number of benzene rings is 2. The van der Waals surface area contributed by atoms with Crippen molar-refractivity contribution in [1.29, 1.82) is 0 Å². The Labute approximate surface area is 172 Å². The van der Waals surface area contributed by atoms with E-state index >= 15 is 0 Å². The average molecular weight is 428 g/mol. The number of carbonyl (C=O) groups excluding carboxylic acids is 1. The first-order chi connectivity index (χ1) is 13.0. The number of sulfonamides is 1. The molecule has 0 radical (unpaired) electrons. The zero-order valence-corrected chi connectivity index (χ0v) is 17.5. The van der Waals surface area contributed by atoms with Crippen molar-refractivity contribution < 1.29 is 17.9 Å². The van der Waals surface area contributed by atoms with E-state index in [-0.39, 0.29) is 23.2 Å². The van der Waals surface area contributed by atoms with Gasteiger partial charge in [-0.1, -0.05) is 6.92 Å². The highest BCUT2D eigenvalue weighted by atomic mass is 35.5. The molecular weight excluding hydrogens is 402 g/mol. The number of halogens is 1. The molecule has 0 aromatic heterocycles. The Balaban J connectivity index is 0.00000392. The van der Waals surface area contributed by atoms with Crippen LogP contribution in [0, 0.1) is 0 Å². The predicted octanol–water partition coefficient (Wildman–Crippen LogP) is 2.65. The molecule has 0 unspecified atom stereocenters. The van der Waals surface area contributed by atoms with Gasteiger partial charge in [-0.15, -0.1) is 12.4 Å². The van der Waals surface area contributed by atoms with E-state index in [1.165, 1.54) is 12.1 Å². The minimum atomic E-state index is -3.71. The van der Waals surface area contributed by atoms with E-state index in [2.05, 4.69) is 15.4 Å². The van der Waals surface area contributed by atoms with Crippen molar-refractivity contribution in [1.82, 2.24) is 10.6 Å². The van der Waals surface area contributed by atoms with Gasteiger partial charge >= 0.3 is 0 Å². The number of nitrogens with one attached hydrogen (secondary N) is 3. The topological polar surface area (TPSA) is 96.5 Å². The largest absolute Gasteiger partial charge is 0.494 e. The lowest BCUT2D eigenvalue weighted by molar-refractivity contribution is 0.0954. The van der Waals surface area contributed by atoms with Crippen LogP contribution >= 0.6 is 12.4 Å². The van der Waals surface area contributed by atoms with Crippen molar-refractivity contribution in [2.45, 2.75) is 18.7 Å². The third kappa shape index (κ3) is 7.03. The van der Waals surface area contributed by atoms with Gasteiger partial charge in [0.15, 0.2) is 0 Å². The molecule has 1 amide bonds. The Morgan fingerprint density at radius 3 is 2.18 bits per heavy atom. The molecule has 154 valence electrons. The summed E-state index contributed by atoms with van der Waals surface area (Å²) < 4.78 is 32.7.